The summed E-state index contributed by atoms with van der Waals surface area (Å²) in [4.78, 5) is 4.62. The smallest absolute Gasteiger partial charge is 0.0482 e. The van der Waals surface area contributed by atoms with Gasteiger partial charge in [0.25, 0.3) is 0 Å². The minimum Gasteiger partial charge on any atom is -0.311 e. The third kappa shape index (κ3) is 4.94. The molecule has 0 atom stereocenters. The lowest BCUT2D eigenvalue weighted by Gasteiger charge is -2.30. The zero-order valence-electron chi connectivity index (χ0n) is 20.4. The molecule has 0 bridgehead atoms. The van der Waals surface area contributed by atoms with Gasteiger partial charge < -0.3 is 9.80 Å². The summed E-state index contributed by atoms with van der Waals surface area (Å²) in [6, 6.07) is 36.3. The summed E-state index contributed by atoms with van der Waals surface area (Å²) >= 11 is 0. The monoisotopic (exact) mass is 466 g/mol. The Kier molecular flexibility index (Phi) is 6.95. The van der Waals surface area contributed by atoms with Gasteiger partial charge in [-0.1, -0.05) is 86.0 Å². The molecule has 0 aliphatic heterocycles. The summed E-state index contributed by atoms with van der Waals surface area (Å²) in [6.07, 6.45) is 12.7. The molecule has 0 amide bonds. The van der Waals surface area contributed by atoms with Crippen LogP contribution in [0.25, 0.3) is 12.2 Å². The number of para-hydroxylation sites is 1. The van der Waals surface area contributed by atoms with Crippen LogP contribution in [0.5, 0.6) is 0 Å². The second-order valence-corrected chi connectivity index (χ2v) is 8.73. The van der Waals surface area contributed by atoms with Gasteiger partial charge in [0.05, 0.1) is 0 Å². The van der Waals surface area contributed by atoms with Gasteiger partial charge in [-0.15, -0.1) is 0 Å². The summed E-state index contributed by atoms with van der Waals surface area (Å²) in [5, 5.41) is 0. The lowest BCUT2D eigenvalue weighted by molar-refractivity contribution is 0.997. The van der Waals surface area contributed by atoms with Crippen LogP contribution in [0.4, 0.5) is 28.4 Å². The number of hydrogen-bond acceptors (Lipinski definition) is 2. The summed E-state index contributed by atoms with van der Waals surface area (Å²) < 4.78 is 0. The topological polar surface area (TPSA) is 6.48 Å². The molecule has 0 saturated heterocycles. The van der Waals surface area contributed by atoms with Gasteiger partial charge in [0.2, 0.25) is 0 Å². The Hall–Kier alpha value is -4.56. The van der Waals surface area contributed by atoms with Crippen LogP contribution in [0.3, 0.4) is 0 Å². The largest absolute Gasteiger partial charge is 0.311 e. The molecule has 0 unspecified atom stereocenters. The number of anilines is 5. The fourth-order valence-corrected chi connectivity index (χ4v) is 4.53. The van der Waals surface area contributed by atoms with Crippen molar-refractivity contribution in [1.29, 1.82) is 0 Å². The van der Waals surface area contributed by atoms with Crippen molar-refractivity contribution in [3.8, 4) is 0 Å². The third-order valence-electron chi connectivity index (χ3n) is 6.37. The number of benzene rings is 4. The van der Waals surface area contributed by atoms with Crippen molar-refractivity contribution in [3.05, 3.63) is 151 Å². The zero-order chi connectivity index (χ0) is 24.7. The lowest BCUT2D eigenvalue weighted by atomic mass is 10.1. The first-order valence-corrected chi connectivity index (χ1v) is 12.3. The van der Waals surface area contributed by atoms with E-state index >= 15 is 0 Å². The molecule has 1 aliphatic carbocycles. The molecule has 0 aromatic heterocycles. The van der Waals surface area contributed by atoms with Gasteiger partial charge in [-0.05, 0) is 84.6 Å². The number of nitrogens with zero attached hydrogens (tertiary/aromatic N) is 2. The quantitative estimate of drug-likeness (QED) is 0.255. The molecule has 2 nitrogen and oxygen atoms in total. The SMILES string of the molecule is C=Cc1ccc(N(C2=CCCC=C2)c2cccc(N(c3ccccc3)c3ccc(C=C)cc3)c2)cc1. The first-order chi connectivity index (χ1) is 17.8. The maximum absolute atomic E-state index is 3.91. The predicted molar refractivity (Wildman–Crippen MR) is 156 cm³/mol. The Morgan fingerprint density at radius 3 is 1.61 bits per heavy atom. The molecule has 0 fully saturated rings. The zero-order valence-corrected chi connectivity index (χ0v) is 20.4. The highest BCUT2D eigenvalue weighted by molar-refractivity contribution is 5.81. The Morgan fingerprint density at radius 2 is 1.06 bits per heavy atom. The first kappa shape index (κ1) is 23.2. The normalized spacial score (nSPS) is 12.5. The first-order valence-electron chi connectivity index (χ1n) is 12.3. The molecule has 36 heavy (non-hydrogen) atoms. The van der Waals surface area contributed by atoms with E-state index in [4.69, 9.17) is 0 Å². The molecule has 0 radical (unpaired) electrons. The summed E-state index contributed by atoms with van der Waals surface area (Å²) in [5.74, 6) is 0. The van der Waals surface area contributed by atoms with Gasteiger partial charge in [0.1, 0.15) is 0 Å². The van der Waals surface area contributed by atoms with E-state index in [0.29, 0.717) is 0 Å². The van der Waals surface area contributed by atoms with Crippen LogP contribution in [-0.4, -0.2) is 0 Å². The summed E-state index contributed by atoms with van der Waals surface area (Å²) in [5.41, 5.74) is 8.94. The molecular formula is C34H30N2. The van der Waals surface area contributed by atoms with E-state index in [1.165, 1.54) is 5.70 Å². The molecule has 4 aromatic rings. The van der Waals surface area contributed by atoms with E-state index in [0.717, 1.165) is 52.4 Å². The van der Waals surface area contributed by atoms with Gasteiger partial charge in [-0.25, -0.2) is 0 Å². The molecule has 2 heteroatoms. The predicted octanol–water partition coefficient (Wildman–Crippen LogP) is 9.81. The Labute approximate surface area is 214 Å². The maximum atomic E-state index is 3.91. The van der Waals surface area contributed by atoms with Crippen molar-refractivity contribution in [2.75, 3.05) is 9.80 Å². The molecule has 0 N–H and O–H groups in total. The fourth-order valence-electron chi connectivity index (χ4n) is 4.53. The third-order valence-corrected chi connectivity index (χ3v) is 6.37. The van der Waals surface area contributed by atoms with Crippen LogP contribution in [-0.2, 0) is 0 Å². The van der Waals surface area contributed by atoms with Crippen molar-refractivity contribution >= 4 is 40.6 Å². The van der Waals surface area contributed by atoms with Crippen LogP contribution in [0, 0.1) is 0 Å². The number of rotatable bonds is 8. The number of allylic oxidation sites excluding steroid dienone is 3. The van der Waals surface area contributed by atoms with Gasteiger partial charge in [-0.3, -0.25) is 0 Å². The molecule has 0 spiro atoms. The Morgan fingerprint density at radius 1 is 0.528 bits per heavy atom. The van der Waals surface area contributed by atoms with Crippen LogP contribution in [0.15, 0.2) is 140 Å². The van der Waals surface area contributed by atoms with E-state index in [2.05, 4.69) is 144 Å². The van der Waals surface area contributed by atoms with E-state index in [1.807, 2.05) is 12.2 Å². The lowest BCUT2D eigenvalue weighted by Crippen LogP contribution is -2.17. The fraction of sp³-hybridized carbons (Fsp3) is 0.0588. The van der Waals surface area contributed by atoms with Crippen LogP contribution >= 0.6 is 0 Å². The highest BCUT2D eigenvalue weighted by Crippen LogP contribution is 2.39. The van der Waals surface area contributed by atoms with Gasteiger partial charge in [-0.2, -0.15) is 0 Å². The molecule has 1 aliphatic rings. The van der Waals surface area contributed by atoms with E-state index in [9.17, 15) is 0 Å². The van der Waals surface area contributed by atoms with Crippen molar-refractivity contribution < 1.29 is 0 Å². The molecule has 5 rings (SSSR count). The van der Waals surface area contributed by atoms with Gasteiger partial charge in [0, 0.05) is 34.1 Å². The average Bonchev–Trinajstić information content (AvgIpc) is 2.96. The second kappa shape index (κ2) is 10.8. The molecule has 0 heterocycles. The highest BCUT2D eigenvalue weighted by atomic mass is 15.2. The van der Waals surface area contributed by atoms with Crippen LogP contribution in [0.2, 0.25) is 0 Å². The highest BCUT2D eigenvalue weighted by Gasteiger charge is 2.18. The van der Waals surface area contributed by atoms with Crippen molar-refractivity contribution in [3.63, 3.8) is 0 Å². The van der Waals surface area contributed by atoms with Crippen molar-refractivity contribution in [1.82, 2.24) is 0 Å². The van der Waals surface area contributed by atoms with Gasteiger partial charge >= 0.3 is 0 Å². The Balaban J connectivity index is 1.62. The Bertz CT molecular complexity index is 1390. The van der Waals surface area contributed by atoms with Crippen molar-refractivity contribution in [2.24, 2.45) is 0 Å². The van der Waals surface area contributed by atoms with E-state index in [1.54, 1.807) is 0 Å². The number of hydrogen-bond donors (Lipinski definition) is 0. The summed E-state index contributed by atoms with van der Waals surface area (Å²) in [6.45, 7) is 7.81. The van der Waals surface area contributed by atoms with Crippen molar-refractivity contribution in [2.45, 2.75) is 12.8 Å². The maximum Gasteiger partial charge on any atom is 0.0482 e. The van der Waals surface area contributed by atoms with E-state index < -0.39 is 0 Å². The minimum atomic E-state index is 1.04. The average molecular weight is 467 g/mol. The summed E-state index contributed by atoms with van der Waals surface area (Å²) in [7, 11) is 0. The van der Waals surface area contributed by atoms with Crippen LogP contribution in [0.1, 0.15) is 24.0 Å². The molecule has 176 valence electrons. The molecule has 0 saturated carbocycles. The minimum absolute atomic E-state index is 1.04. The standard InChI is InChI=1S/C34H30N2/c1-3-27-18-22-31(23-19-27)35(29-12-7-5-8-13-29)33-16-11-17-34(26-33)36(30-14-9-6-10-15-30)32-24-20-28(4-2)21-25-32/h3-5,7-9,11-26H,1-2,6,10H2. The van der Waals surface area contributed by atoms with Gasteiger partial charge in [0.15, 0.2) is 0 Å². The van der Waals surface area contributed by atoms with E-state index in [-0.39, 0.29) is 0 Å². The van der Waals surface area contributed by atoms with Crippen LogP contribution < -0.4 is 9.80 Å². The second-order valence-electron chi connectivity index (χ2n) is 8.73. The molecule has 4 aromatic carbocycles. The molecular weight excluding hydrogens is 436 g/mol.